The minimum Gasteiger partial charge on any atom is -0.340 e. The van der Waals surface area contributed by atoms with E-state index in [1.807, 2.05) is 18.7 Å². The van der Waals surface area contributed by atoms with Gasteiger partial charge in [-0.1, -0.05) is 13.8 Å². The number of nitrogens with zero attached hydrogens (tertiary/aromatic N) is 2. The number of carbonyl (C=O) groups is 1. The van der Waals surface area contributed by atoms with E-state index in [0.29, 0.717) is 6.04 Å². The van der Waals surface area contributed by atoms with Gasteiger partial charge in [-0.2, -0.15) is 0 Å². The van der Waals surface area contributed by atoms with Crippen LogP contribution in [0.1, 0.15) is 39.5 Å². The van der Waals surface area contributed by atoms with Crippen LogP contribution in [0.15, 0.2) is 0 Å². The highest BCUT2D eigenvalue weighted by molar-refractivity contribution is 5.85. The Balaban J connectivity index is 0.00000180. The average molecular weight is 326 g/mol. The second-order valence-electron chi connectivity index (χ2n) is 6.09. The second kappa shape index (κ2) is 9.08. The summed E-state index contributed by atoms with van der Waals surface area (Å²) >= 11 is 0. The van der Waals surface area contributed by atoms with Crippen molar-refractivity contribution in [3.05, 3.63) is 0 Å². The number of halogens is 2. The second-order valence-corrected chi connectivity index (χ2v) is 6.09. The Bertz CT molecular complexity index is 296. The number of rotatable bonds is 3. The van der Waals surface area contributed by atoms with E-state index < -0.39 is 0 Å². The molecule has 2 N–H and O–H groups in total. The largest absolute Gasteiger partial charge is 0.340 e. The van der Waals surface area contributed by atoms with Crippen molar-refractivity contribution >= 4 is 30.7 Å². The van der Waals surface area contributed by atoms with Crippen molar-refractivity contribution in [2.75, 3.05) is 26.2 Å². The van der Waals surface area contributed by atoms with E-state index in [2.05, 4.69) is 4.90 Å². The predicted molar refractivity (Wildman–Crippen MR) is 87.7 cm³/mol. The maximum atomic E-state index is 12.3. The molecule has 2 unspecified atom stereocenters. The maximum absolute atomic E-state index is 12.3. The SMILES string of the molecule is CC(C)C(N)C(=O)N1CCCC(N2CCCC2)C1.Cl.Cl. The highest BCUT2D eigenvalue weighted by Gasteiger charge is 2.31. The molecular formula is C14H29Cl2N3O. The van der Waals surface area contributed by atoms with Gasteiger partial charge in [-0.25, -0.2) is 0 Å². The smallest absolute Gasteiger partial charge is 0.239 e. The van der Waals surface area contributed by atoms with Gasteiger partial charge in [-0.3, -0.25) is 9.69 Å². The van der Waals surface area contributed by atoms with Crippen LogP contribution >= 0.6 is 24.8 Å². The zero-order chi connectivity index (χ0) is 13.1. The molecule has 120 valence electrons. The molecule has 2 saturated heterocycles. The molecule has 20 heavy (non-hydrogen) atoms. The molecule has 0 bridgehead atoms. The van der Waals surface area contributed by atoms with Crippen LogP contribution in [0.25, 0.3) is 0 Å². The Morgan fingerprint density at radius 3 is 2.25 bits per heavy atom. The minimum absolute atomic E-state index is 0. The molecule has 0 aromatic heterocycles. The fourth-order valence-electron chi connectivity index (χ4n) is 3.06. The Morgan fingerprint density at radius 1 is 1.10 bits per heavy atom. The third-order valence-corrected chi connectivity index (χ3v) is 4.37. The van der Waals surface area contributed by atoms with E-state index >= 15 is 0 Å². The molecule has 2 rings (SSSR count). The lowest BCUT2D eigenvalue weighted by Gasteiger charge is -2.38. The van der Waals surface area contributed by atoms with Crippen LogP contribution in [0.3, 0.4) is 0 Å². The van der Waals surface area contributed by atoms with E-state index in [1.165, 1.54) is 32.4 Å². The molecule has 2 fully saturated rings. The van der Waals surface area contributed by atoms with Crippen LogP contribution < -0.4 is 5.73 Å². The van der Waals surface area contributed by atoms with Crippen molar-refractivity contribution in [1.29, 1.82) is 0 Å². The van der Waals surface area contributed by atoms with Crippen molar-refractivity contribution in [3.63, 3.8) is 0 Å². The summed E-state index contributed by atoms with van der Waals surface area (Å²) in [6.07, 6.45) is 4.99. The first-order chi connectivity index (χ1) is 8.59. The van der Waals surface area contributed by atoms with E-state index in [1.54, 1.807) is 0 Å². The van der Waals surface area contributed by atoms with Crippen LogP contribution in [0.2, 0.25) is 0 Å². The van der Waals surface area contributed by atoms with Crippen molar-refractivity contribution in [2.24, 2.45) is 11.7 Å². The predicted octanol–water partition coefficient (Wildman–Crippen LogP) is 1.90. The average Bonchev–Trinajstić information content (AvgIpc) is 2.91. The molecule has 2 atom stereocenters. The summed E-state index contributed by atoms with van der Waals surface area (Å²) < 4.78 is 0. The third kappa shape index (κ3) is 4.76. The van der Waals surface area contributed by atoms with Gasteiger partial charge in [-0.15, -0.1) is 24.8 Å². The summed E-state index contributed by atoms with van der Waals surface area (Å²) in [7, 11) is 0. The normalized spacial score (nSPS) is 25.0. The molecule has 4 nitrogen and oxygen atoms in total. The fourth-order valence-corrected chi connectivity index (χ4v) is 3.06. The summed E-state index contributed by atoms with van der Waals surface area (Å²) in [6, 6.07) is 0.242. The lowest BCUT2D eigenvalue weighted by molar-refractivity contribution is -0.135. The van der Waals surface area contributed by atoms with Gasteiger partial charge in [0.05, 0.1) is 6.04 Å². The van der Waals surface area contributed by atoms with E-state index in [0.717, 1.165) is 19.5 Å². The number of likely N-dealkylation sites (tertiary alicyclic amines) is 2. The quantitative estimate of drug-likeness (QED) is 0.862. The molecule has 0 aromatic carbocycles. The zero-order valence-electron chi connectivity index (χ0n) is 12.6. The van der Waals surface area contributed by atoms with Gasteiger partial charge in [-0.05, 0) is 44.7 Å². The van der Waals surface area contributed by atoms with Crippen LogP contribution in [0.5, 0.6) is 0 Å². The van der Waals surface area contributed by atoms with Crippen LogP contribution in [-0.2, 0) is 4.79 Å². The minimum atomic E-state index is -0.331. The Labute approximate surface area is 135 Å². The van der Waals surface area contributed by atoms with Gasteiger partial charge in [0.25, 0.3) is 0 Å². The molecule has 2 aliphatic heterocycles. The molecule has 2 heterocycles. The highest BCUT2D eigenvalue weighted by Crippen LogP contribution is 2.21. The highest BCUT2D eigenvalue weighted by atomic mass is 35.5. The number of nitrogens with two attached hydrogens (primary N) is 1. The van der Waals surface area contributed by atoms with Crippen molar-refractivity contribution < 1.29 is 4.79 Å². The van der Waals surface area contributed by atoms with E-state index in [4.69, 9.17) is 5.73 Å². The molecular weight excluding hydrogens is 297 g/mol. The molecule has 0 saturated carbocycles. The van der Waals surface area contributed by atoms with Gasteiger partial charge in [0.1, 0.15) is 0 Å². The van der Waals surface area contributed by atoms with Gasteiger partial charge >= 0.3 is 0 Å². The topological polar surface area (TPSA) is 49.6 Å². The Kier molecular flexibility index (Phi) is 9.07. The summed E-state index contributed by atoms with van der Waals surface area (Å²) in [6.45, 7) is 8.24. The Hall–Kier alpha value is -0.0300. The monoisotopic (exact) mass is 325 g/mol. The molecule has 2 aliphatic rings. The van der Waals surface area contributed by atoms with Crippen molar-refractivity contribution in [3.8, 4) is 0 Å². The van der Waals surface area contributed by atoms with Crippen LogP contribution in [-0.4, -0.2) is 54.0 Å². The number of carbonyl (C=O) groups excluding carboxylic acids is 1. The number of hydrogen-bond acceptors (Lipinski definition) is 3. The number of amides is 1. The maximum Gasteiger partial charge on any atom is 0.239 e. The lowest BCUT2D eigenvalue weighted by Crippen LogP contribution is -2.54. The zero-order valence-corrected chi connectivity index (χ0v) is 14.2. The van der Waals surface area contributed by atoms with Gasteiger partial charge < -0.3 is 10.6 Å². The van der Waals surface area contributed by atoms with Gasteiger partial charge in [0, 0.05) is 19.1 Å². The standard InChI is InChI=1S/C14H27N3O.2ClH/c1-11(2)13(15)14(18)17-9-5-6-12(10-17)16-7-3-4-8-16;;/h11-13H,3-10,15H2,1-2H3;2*1H. The van der Waals surface area contributed by atoms with Gasteiger partial charge in [0.15, 0.2) is 0 Å². The summed E-state index contributed by atoms with van der Waals surface area (Å²) in [5.74, 6) is 0.374. The van der Waals surface area contributed by atoms with Gasteiger partial charge in [0.2, 0.25) is 5.91 Å². The Morgan fingerprint density at radius 2 is 1.70 bits per heavy atom. The molecule has 0 spiro atoms. The number of piperidine rings is 1. The first-order valence-electron chi connectivity index (χ1n) is 7.38. The molecule has 6 heteroatoms. The molecule has 0 aliphatic carbocycles. The fraction of sp³-hybridized carbons (Fsp3) is 0.929. The number of hydrogen-bond donors (Lipinski definition) is 1. The first-order valence-corrected chi connectivity index (χ1v) is 7.38. The van der Waals surface area contributed by atoms with Crippen LogP contribution in [0.4, 0.5) is 0 Å². The molecule has 0 radical (unpaired) electrons. The summed E-state index contributed by atoms with van der Waals surface area (Å²) in [5.41, 5.74) is 5.98. The van der Waals surface area contributed by atoms with Crippen molar-refractivity contribution in [1.82, 2.24) is 9.80 Å². The lowest BCUT2D eigenvalue weighted by atomic mass is 10.00. The van der Waals surface area contributed by atoms with Crippen LogP contribution in [0, 0.1) is 5.92 Å². The van der Waals surface area contributed by atoms with Crippen molar-refractivity contribution in [2.45, 2.75) is 51.6 Å². The molecule has 0 aromatic rings. The van der Waals surface area contributed by atoms with E-state index in [-0.39, 0.29) is 42.7 Å². The first kappa shape index (κ1) is 20.0. The summed E-state index contributed by atoms with van der Waals surface area (Å²) in [4.78, 5) is 16.8. The molecule has 1 amide bonds. The summed E-state index contributed by atoms with van der Waals surface area (Å²) in [5, 5.41) is 0. The van der Waals surface area contributed by atoms with E-state index in [9.17, 15) is 4.79 Å². The third-order valence-electron chi connectivity index (χ3n) is 4.37.